The highest BCUT2D eigenvalue weighted by molar-refractivity contribution is 5.66. The fourth-order valence-corrected chi connectivity index (χ4v) is 4.52. The molecule has 0 amide bonds. The van der Waals surface area contributed by atoms with Crippen LogP contribution in [0.1, 0.15) is 77.3 Å². The number of hydrogen-bond donors (Lipinski definition) is 1. The minimum atomic E-state index is -0.744. The zero-order valence-electron chi connectivity index (χ0n) is 18.4. The molecule has 3 rings (SSSR count). The van der Waals surface area contributed by atoms with Crippen molar-refractivity contribution >= 4 is 5.97 Å². The molecule has 1 fully saturated rings. The van der Waals surface area contributed by atoms with Gasteiger partial charge >= 0.3 is 5.97 Å². The molecule has 0 atom stereocenters. The van der Waals surface area contributed by atoms with Gasteiger partial charge in [-0.15, -0.1) is 0 Å². The van der Waals surface area contributed by atoms with Crippen molar-refractivity contribution in [1.82, 2.24) is 9.78 Å². The van der Waals surface area contributed by atoms with Gasteiger partial charge in [0, 0.05) is 18.1 Å². The minimum absolute atomic E-state index is 0.0252. The molecule has 0 saturated heterocycles. The van der Waals surface area contributed by atoms with E-state index in [2.05, 4.69) is 32.9 Å². The molecule has 5 nitrogen and oxygen atoms in total. The fraction of sp³-hybridized carbons (Fsp3) is 0.560. The number of benzene rings is 1. The van der Waals surface area contributed by atoms with E-state index in [0.29, 0.717) is 17.8 Å². The number of hydrogen-bond acceptors (Lipinski definition) is 3. The summed E-state index contributed by atoms with van der Waals surface area (Å²) >= 11 is 0. The van der Waals surface area contributed by atoms with Gasteiger partial charge in [0.1, 0.15) is 0 Å². The topological polar surface area (TPSA) is 72.2 Å². The van der Waals surface area contributed by atoms with E-state index in [1.165, 1.54) is 5.56 Å². The van der Waals surface area contributed by atoms with Crippen molar-refractivity contribution in [3.8, 4) is 11.3 Å². The van der Waals surface area contributed by atoms with Crippen molar-refractivity contribution in [1.29, 1.82) is 0 Å². The second kappa shape index (κ2) is 9.59. The Kier molecular flexibility index (Phi) is 7.11. The molecule has 1 aromatic heterocycles. The highest BCUT2D eigenvalue weighted by Gasteiger charge is 2.31. The maximum absolute atomic E-state index is 12.5. The maximum Gasteiger partial charge on any atom is 0.303 e. The van der Waals surface area contributed by atoms with Gasteiger partial charge in [-0.2, -0.15) is 5.10 Å². The van der Waals surface area contributed by atoms with Gasteiger partial charge in [-0.3, -0.25) is 9.59 Å². The first-order chi connectivity index (χ1) is 14.2. The minimum Gasteiger partial charge on any atom is -0.481 e. The Hall–Kier alpha value is -2.43. The third-order valence-corrected chi connectivity index (χ3v) is 6.42. The van der Waals surface area contributed by atoms with Crippen molar-refractivity contribution in [3.63, 3.8) is 0 Å². The average Bonchev–Trinajstić information content (AvgIpc) is 2.71. The quantitative estimate of drug-likeness (QED) is 0.613. The standard InChI is InChI=1S/C25H34N2O3/c1-25(2,3)20-11-13-21(14-12-20)27-23(28)16-15-22(26-27)19-9-6-8-18(17-19)7-4-5-10-24(29)30/h6,8-9,15-17,20-21H,4-5,7,10-14H2,1-3H3,(H,29,30). The van der Waals surface area contributed by atoms with Crippen LogP contribution in [0, 0.1) is 11.3 Å². The Balaban J connectivity index is 1.72. The Bertz CT molecular complexity index is 918. The monoisotopic (exact) mass is 410 g/mol. The molecule has 1 aromatic carbocycles. The maximum atomic E-state index is 12.5. The summed E-state index contributed by atoms with van der Waals surface area (Å²) in [6.45, 7) is 6.91. The van der Waals surface area contributed by atoms with Gasteiger partial charge in [-0.1, -0.05) is 39.0 Å². The van der Waals surface area contributed by atoms with Crippen molar-refractivity contribution < 1.29 is 9.90 Å². The van der Waals surface area contributed by atoms with Gasteiger partial charge in [-0.05, 0) is 74.0 Å². The lowest BCUT2D eigenvalue weighted by Gasteiger charge is -2.37. The van der Waals surface area contributed by atoms with Crippen LogP contribution in [-0.2, 0) is 11.2 Å². The zero-order chi connectivity index (χ0) is 21.7. The van der Waals surface area contributed by atoms with E-state index in [1.807, 2.05) is 18.2 Å². The van der Waals surface area contributed by atoms with Crippen molar-refractivity contribution in [2.45, 2.75) is 78.2 Å². The molecule has 0 radical (unpaired) electrons. The number of nitrogens with zero attached hydrogens (tertiary/aromatic N) is 2. The van der Waals surface area contributed by atoms with E-state index in [-0.39, 0.29) is 18.0 Å². The van der Waals surface area contributed by atoms with Crippen LogP contribution < -0.4 is 5.56 Å². The molecular weight excluding hydrogens is 376 g/mol. The number of unbranched alkanes of at least 4 members (excludes halogenated alkanes) is 1. The summed E-state index contributed by atoms with van der Waals surface area (Å²) < 4.78 is 1.70. The second-order valence-corrected chi connectivity index (χ2v) is 9.67. The smallest absolute Gasteiger partial charge is 0.303 e. The van der Waals surface area contributed by atoms with Crippen LogP contribution in [0.5, 0.6) is 0 Å². The molecule has 0 aliphatic heterocycles. The van der Waals surface area contributed by atoms with Crippen LogP contribution in [0.3, 0.4) is 0 Å². The number of carbonyl (C=O) groups is 1. The third-order valence-electron chi connectivity index (χ3n) is 6.42. The van der Waals surface area contributed by atoms with Gasteiger partial charge in [0.05, 0.1) is 11.7 Å². The largest absolute Gasteiger partial charge is 0.481 e. The Morgan fingerprint density at radius 2 is 1.83 bits per heavy atom. The Morgan fingerprint density at radius 3 is 2.50 bits per heavy atom. The summed E-state index contributed by atoms with van der Waals surface area (Å²) in [4.78, 5) is 23.2. The summed E-state index contributed by atoms with van der Waals surface area (Å²) in [7, 11) is 0. The number of aliphatic carboxylic acids is 1. The lowest BCUT2D eigenvalue weighted by Crippen LogP contribution is -2.32. The van der Waals surface area contributed by atoms with Crippen LogP contribution >= 0.6 is 0 Å². The Labute approximate surface area is 179 Å². The van der Waals surface area contributed by atoms with Crippen molar-refractivity contribution in [2.24, 2.45) is 11.3 Å². The molecule has 0 unspecified atom stereocenters. The summed E-state index contributed by atoms with van der Waals surface area (Å²) in [5, 5.41) is 13.5. The molecule has 5 heteroatoms. The summed E-state index contributed by atoms with van der Waals surface area (Å²) in [6, 6.07) is 11.8. The van der Waals surface area contributed by atoms with Crippen LogP contribution in [0.4, 0.5) is 0 Å². The van der Waals surface area contributed by atoms with Crippen molar-refractivity contribution in [3.05, 3.63) is 52.3 Å². The molecule has 30 heavy (non-hydrogen) atoms. The van der Waals surface area contributed by atoms with Gasteiger partial charge in [0.25, 0.3) is 5.56 Å². The summed E-state index contributed by atoms with van der Waals surface area (Å²) in [6.07, 6.45) is 6.86. The Morgan fingerprint density at radius 1 is 1.10 bits per heavy atom. The first-order valence-corrected chi connectivity index (χ1v) is 11.1. The van der Waals surface area contributed by atoms with Gasteiger partial charge in [-0.25, -0.2) is 4.68 Å². The molecule has 162 valence electrons. The fourth-order valence-electron chi connectivity index (χ4n) is 4.52. The predicted octanol–water partition coefficient (Wildman–Crippen LogP) is 5.49. The average molecular weight is 411 g/mol. The van der Waals surface area contributed by atoms with E-state index in [0.717, 1.165) is 49.8 Å². The van der Waals surface area contributed by atoms with Crippen LogP contribution in [0.15, 0.2) is 41.2 Å². The highest BCUT2D eigenvalue weighted by atomic mass is 16.4. The van der Waals surface area contributed by atoms with Crippen LogP contribution in [0.2, 0.25) is 0 Å². The third kappa shape index (κ3) is 5.80. The highest BCUT2D eigenvalue weighted by Crippen LogP contribution is 2.40. The first kappa shape index (κ1) is 22.3. The van der Waals surface area contributed by atoms with Crippen LogP contribution in [0.25, 0.3) is 11.3 Å². The van der Waals surface area contributed by atoms with E-state index in [1.54, 1.807) is 10.7 Å². The van der Waals surface area contributed by atoms with Gasteiger partial charge in [0.15, 0.2) is 0 Å². The number of rotatable bonds is 7. The van der Waals surface area contributed by atoms with Crippen molar-refractivity contribution in [2.75, 3.05) is 0 Å². The molecule has 1 saturated carbocycles. The van der Waals surface area contributed by atoms with Gasteiger partial charge in [0.2, 0.25) is 0 Å². The van der Waals surface area contributed by atoms with Crippen LogP contribution in [-0.4, -0.2) is 20.9 Å². The molecular formula is C25H34N2O3. The van der Waals surface area contributed by atoms with E-state index in [4.69, 9.17) is 10.2 Å². The lowest BCUT2D eigenvalue weighted by atomic mass is 9.71. The number of carboxylic acids is 1. The molecule has 1 aliphatic carbocycles. The predicted molar refractivity (Wildman–Crippen MR) is 120 cm³/mol. The lowest BCUT2D eigenvalue weighted by molar-refractivity contribution is -0.137. The molecule has 0 spiro atoms. The first-order valence-electron chi connectivity index (χ1n) is 11.1. The second-order valence-electron chi connectivity index (χ2n) is 9.67. The zero-order valence-corrected chi connectivity index (χ0v) is 18.4. The van der Waals surface area contributed by atoms with E-state index < -0.39 is 5.97 Å². The molecule has 2 aromatic rings. The summed E-state index contributed by atoms with van der Waals surface area (Å²) in [5.74, 6) is -0.0443. The molecule has 0 bridgehead atoms. The molecule has 1 heterocycles. The molecule has 1 N–H and O–H groups in total. The normalized spacial score (nSPS) is 19.6. The van der Waals surface area contributed by atoms with Gasteiger partial charge < -0.3 is 5.11 Å². The number of aromatic nitrogens is 2. The summed E-state index contributed by atoms with van der Waals surface area (Å²) in [5.41, 5.74) is 3.28. The number of aryl methyl sites for hydroxylation is 1. The number of carboxylic acid groups (broad SMARTS) is 1. The SMILES string of the molecule is CC(C)(C)C1CCC(n2nc(-c3cccc(CCCCC(=O)O)c3)ccc2=O)CC1. The molecule has 1 aliphatic rings. The van der Waals surface area contributed by atoms with E-state index in [9.17, 15) is 9.59 Å². The van der Waals surface area contributed by atoms with E-state index >= 15 is 0 Å².